The summed E-state index contributed by atoms with van der Waals surface area (Å²) in [6.45, 7) is 4.47. The summed E-state index contributed by atoms with van der Waals surface area (Å²) in [7, 11) is 1.61. The third-order valence-corrected chi connectivity index (χ3v) is 5.64. The first-order valence-electron chi connectivity index (χ1n) is 10.5. The lowest BCUT2D eigenvalue weighted by atomic mass is 10.0. The highest BCUT2D eigenvalue weighted by Crippen LogP contribution is 2.24. The normalized spacial score (nSPS) is 10.8. The maximum Gasteiger partial charge on any atom is 0.261 e. The summed E-state index contributed by atoms with van der Waals surface area (Å²) < 4.78 is 6.87. The van der Waals surface area contributed by atoms with Crippen molar-refractivity contribution in [3.63, 3.8) is 0 Å². The molecule has 5 nitrogen and oxygen atoms in total. The molecule has 0 fully saturated rings. The van der Waals surface area contributed by atoms with E-state index in [0.717, 1.165) is 28.0 Å². The minimum atomic E-state index is -0.243. The molecular weight excluding hydrogens is 400 g/mol. The summed E-state index contributed by atoms with van der Waals surface area (Å²) in [5.74, 6) is 0.955. The summed E-state index contributed by atoms with van der Waals surface area (Å²) in [5, 5.41) is 10.7. The minimum Gasteiger partial charge on any atom is -0.497 e. The van der Waals surface area contributed by atoms with Gasteiger partial charge in [-0.25, -0.2) is 0 Å². The average Bonchev–Trinajstić information content (AvgIpc) is 2.80. The number of rotatable bonds is 6. The van der Waals surface area contributed by atoms with Gasteiger partial charge in [-0.3, -0.25) is 9.36 Å². The summed E-state index contributed by atoms with van der Waals surface area (Å²) >= 11 is 0. The molecule has 0 aliphatic rings. The Morgan fingerprint density at radius 1 is 0.969 bits per heavy atom. The van der Waals surface area contributed by atoms with Gasteiger partial charge in [-0.2, -0.15) is 4.98 Å². The zero-order chi connectivity index (χ0) is 22.7. The van der Waals surface area contributed by atoms with E-state index in [1.54, 1.807) is 11.7 Å². The molecule has 5 heteroatoms. The number of aryl methyl sites for hydroxylation is 2. The quantitative estimate of drug-likeness (QED) is 0.477. The highest BCUT2D eigenvalue weighted by molar-refractivity contribution is 5.57. The van der Waals surface area contributed by atoms with Gasteiger partial charge in [-0.1, -0.05) is 66.2 Å². The van der Waals surface area contributed by atoms with Crippen LogP contribution in [0.15, 0.2) is 77.6 Å². The van der Waals surface area contributed by atoms with Gasteiger partial charge in [0.15, 0.2) is 0 Å². The van der Waals surface area contributed by atoms with Crippen LogP contribution in [0.25, 0.3) is 11.4 Å². The predicted octanol–water partition coefficient (Wildman–Crippen LogP) is 4.88. The Labute approximate surface area is 187 Å². The zero-order valence-electron chi connectivity index (χ0n) is 18.5. The summed E-state index contributed by atoms with van der Waals surface area (Å²) in [6, 6.07) is 23.1. The number of hydrogen-bond acceptors (Lipinski definition) is 4. The molecule has 0 aliphatic carbocycles. The van der Waals surface area contributed by atoms with E-state index in [1.165, 1.54) is 5.56 Å². The Hall–Kier alpha value is -3.86. The van der Waals surface area contributed by atoms with Crippen molar-refractivity contribution < 1.29 is 9.84 Å². The highest BCUT2D eigenvalue weighted by atomic mass is 16.5. The first-order chi connectivity index (χ1) is 15.5. The molecule has 32 heavy (non-hydrogen) atoms. The van der Waals surface area contributed by atoms with Crippen molar-refractivity contribution in [1.29, 1.82) is 0 Å². The number of nitrogens with zero attached hydrogens (tertiary/aromatic N) is 2. The molecule has 1 heterocycles. The highest BCUT2D eigenvalue weighted by Gasteiger charge is 2.18. The van der Waals surface area contributed by atoms with Crippen LogP contribution in [0, 0.1) is 13.8 Å². The van der Waals surface area contributed by atoms with Crippen LogP contribution in [0.1, 0.15) is 27.8 Å². The van der Waals surface area contributed by atoms with Crippen molar-refractivity contribution >= 4 is 0 Å². The first kappa shape index (κ1) is 21.4. The molecule has 0 saturated carbocycles. The molecule has 0 amide bonds. The van der Waals surface area contributed by atoms with Crippen molar-refractivity contribution in [1.82, 2.24) is 9.55 Å². The van der Waals surface area contributed by atoms with Crippen LogP contribution in [0.4, 0.5) is 0 Å². The molecule has 0 atom stereocenters. The average molecular weight is 427 g/mol. The monoisotopic (exact) mass is 426 g/mol. The summed E-state index contributed by atoms with van der Waals surface area (Å²) in [4.78, 5) is 18.1. The predicted molar refractivity (Wildman–Crippen MR) is 126 cm³/mol. The third-order valence-electron chi connectivity index (χ3n) is 5.64. The topological polar surface area (TPSA) is 64.3 Å². The Kier molecular flexibility index (Phi) is 6.08. The fourth-order valence-corrected chi connectivity index (χ4v) is 3.83. The number of ether oxygens (including phenoxy) is 1. The van der Waals surface area contributed by atoms with E-state index in [-0.39, 0.29) is 23.4 Å². The Bertz CT molecular complexity index is 1290. The largest absolute Gasteiger partial charge is 0.497 e. The molecule has 1 N–H and O–H groups in total. The molecule has 4 rings (SSSR count). The van der Waals surface area contributed by atoms with Crippen molar-refractivity contribution in [3.05, 3.63) is 111 Å². The van der Waals surface area contributed by atoms with Gasteiger partial charge in [0.25, 0.3) is 5.56 Å². The molecule has 0 radical (unpaired) electrons. The Balaban J connectivity index is 1.83. The van der Waals surface area contributed by atoms with Gasteiger partial charge in [0, 0.05) is 12.0 Å². The van der Waals surface area contributed by atoms with E-state index in [1.807, 2.05) is 80.6 Å². The smallest absolute Gasteiger partial charge is 0.261 e. The number of benzene rings is 3. The lowest BCUT2D eigenvalue weighted by molar-refractivity contribution is 0.414. The molecule has 162 valence electrons. The molecular formula is C27H26N2O3. The van der Waals surface area contributed by atoms with Gasteiger partial charge < -0.3 is 9.84 Å². The van der Waals surface area contributed by atoms with Crippen LogP contribution >= 0.6 is 0 Å². The number of hydrogen-bond donors (Lipinski definition) is 1. The molecule has 0 aliphatic heterocycles. The van der Waals surface area contributed by atoms with Crippen molar-refractivity contribution in [2.45, 2.75) is 26.8 Å². The van der Waals surface area contributed by atoms with Crippen LogP contribution < -0.4 is 10.3 Å². The molecule has 4 aromatic rings. The fourth-order valence-electron chi connectivity index (χ4n) is 3.83. The van der Waals surface area contributed by atoms with Gasteiger partial charge in [0.2, 0.25) is 5.88 Å². The molecule has 0 spiro atoms. The second-order valence-corrected chi connectivity index (χ2v) is 7.95. The van der Waals surface area contributed by atoms with Crippen LogP contribution in [0.3, 0.4) is 0 Å². The molecule has 1 aromatic heterocycles. The van der Waals surface area contributed by atoms with Gasteiger partial charge in [-0.15, -0.1) is 0 Å². The molecule has 3 aromatic carbocycles. The fraction of sp³-hybridized carbons (Fsp3) is 0.185. The summed E-state index contributed by atoms with van der Waals surface area (Å²) in [6.07, 6.45) is 0.281. The van der Waals surface area contributed by atoms with E-state index in [2.05, 4.69) is 11.1 Å². The Morgan fingerprint density at radius 3 is 2.34 bits per heavy atom. The Morgan fingerprint density at radius 2 is 1.69 bits per heavy atom. The van der Waals surface area contributed by atoms with E-state index in [0.29, 0.717) is 12.4 Å². The van der Waals surface area contributed by atoms with Gasteiger partial charge in [0.1, 0.15) is 11.6 Å². The van der Waals surface area contributed by atoms with E-state index in [4.69, 9.17) is 4.74 Å². The lowest BCUT2D eigenvalue weighted by Gasteiger charge is -2.17. The number of methoxy groups -OCH3 is 1. The number of aromatic hydroxyl groups is 1. The van der Waals surface area contributed by atoms with Crippen LogP contribution in [0.5, 0.6) is 11.6 Å². The van der Waals surface area contributed by atoms with Gasteiger partial charge in [0.05, 0.1) is 19.2 Å². The van der Waals surface area contributed by atoms with Crippen LogP contribution in [-0.4, -0.2) is 21.8 Å². The minimum absolute atomic E-state index is 0.235. The third kappa shape index (κ3) is 4.42. The van der Waals surface area contributed by atoms with Crippen molar-refractivity contribution in [2.75, 3.05) is 7.11 Å². The maximum atomic E-state index is 13.6. The summed E-state index contributed by atoms with van der Waals surface area (Å²) in [5.41, 5.74) is 5.03. The van der Waals surface area contributed by atoms with Gasteiger partial charge >= 0.3 is 0 Å². The lowest BCUT2D eigenvalue weighted by Crippen LogP contribution is -2.27. The maximum absolute atomic E-state index is 13.6. The molecule has 0 bridgehead atoms. The van der Waals surface area contributed by atoms with Crippen molar-refractivity contribution in [2.24, 2.45) is 0 Å². The van der Waals surface area contributed by atoms with E-state index >= 15 is 0 Å². The second kappa shape index (κ2) is 9.10. The SMILES string of the molecule is COc1ccc(Cc2c(O)nc(-c3ccccc3)n(Cc3ccc(C)cc3C)c2=O)cc1. The van der Waals surface area contributed by atoms with Gasteiger partial charge in [-0.05, 0) is 42.7 Å². The first-order valence-corrected chi connectivity index (χ1v) is 10.5. The second-order valence-electron chi connectivity index (χ2n) is 7.95. The van der Waals surface area contributed by atoms with Crippen LogP contribution in [-0.2, 0) is 13.0 Å². The van der Waals surface area contributed by atoms with Crippen LogP contribution in [0.2, 0.25) is 0 Å². The van der Waals surface area contributed by atoms with Crippen molar-refractivity contribution in [3.8, 4) is 23.0 Å². The molecule has 0 unspecified atom stereocenters. The standard InChI is InChI=1S/C27H26N2O3/c1-18-9-12-22(19(2)15-18)17-29-25(21-7-5-4-6-8-21)28-26(30)24(27(29)31)16-20-10-13-23(32-3)14-11-20/h4-15,30H,16-17H2,1-3H3. The zero-order valence-corrected chi connectivity index (χ0v) is 18.5. The van der Waals surface area contributed by atoms with E-state index < -0.39 is 0 Å². The molecule has 0 saturated heterocycles. The van der Waals surface area contributed by atoms with E-state index in [9.17, 15) is 9.90 Å². The number of aromatic nitrogens is 2.